The van der Waals surface area contributed by atoms with E-state index in [2.05, 4.69) is 5.32 Å². The molecule has 5 nitrogen and oxygen atoms in total. The number of hydrogen-bond acceptors (Lipinski definition) is 3. The molecule has 0 saturated heterocycles. The lowest BCUT2D eigenvalue weighted by molar-refractivity contribution is 0.0936. The van der Waals surface area contributed by atoms with Gasteiger partial charge in [0.1, 0.15) is 11.8 Å². The maximum absolute atomic E-state index is 12.7. The van der Waals surface area contributed by atoms with Gasteiger partial charge in [0.15, 0.2) is 5.78 Å². The Kier molecular flexibility index (Phi) is 5.82. The Balaban J connectivity index is 2.27. The summed E-state index contributed by atoms with van der Waals surface area (Å²) in [6, 6.07) is 12.1. The van der Waals surface area contributed by atoms with Gasteiger partial charge >= 0.3 is 6.09 Å². The Morgan fingerprint density at radius 3 is 2.12 bits per heavy atom. The number of Topliss-reactive ketones (excluding diaryl/α,β-unsaturated/α-hetero) is 1. The van der Waals surface area contributed by atoms with Gasteiger partial charge in [0.25, 0.3) is 0 Å². The average molecular weight is 348 g/mol. The van der Waals surface area contributed by atoms with Gasteiger partial charge in [-0.25, -0.2) is 4.79 Å². The Labute approximate surface area is 145 Å². The fourth-order valence-electron chi connectivity index (χ4n) is 2.22. The maximum atomic E-state index is 12.7. The number of carbonyl (C=O) groups excluding carboxylic acids is 1. The van der Waals surface area contributed by atoms with Crippen molar-refractivity contribution in [2.45, 2.75) is 26.0 Å². The number of carbonyl (C=O) groups is 2. The van der Waals surface area contributed by atoms with Gasteiger partial charge in [0.05, 0.1) is 6.10 Å². The molecule has 0 bridgehead atoms. The van der Waals surface area contributed by atoms with E-state index >= 15 is 0 Å². The zero-order chi connectivity index (χ0) is 17.7. The summed E-state index contributed by atoms with van der Waals surface area (Å²) in [6.07, 6.45) is -1.25. The van der Waals surface area contributed by atoms with E-state index < -0.39 is 12.1 Å². The van der Waals surface area contributed by atoms with Crippen LogP contribution in [0.4, 0.5) is 4.79 Å². The van der Waals surface area contributed by atoms with Crippen LogP contribution in [-0.2, 0) is 0 Å². The van der Waals surface area contributed by atoms with E-state index in [4.69, 9.17) is 21.4 Å². The normalized spacial score (nSPS) is 11.8. The number of hydrogen-bond donors (Lipinski definition) is 2. The van der Waals surface area contributed by atoms with Crippen molar-refractivity contribution in [1.29, 1.82) is 0 Å². The molecule has 6 heteroatoms. The van der Waals surface area contributed by atoms with Gasteiger partial charge < -0.3 is 15.2 Å². The Bertz CT molecular complexity index is 711. The molecule has 0 radical (unpaired) electrons. The van der Waals surface area contributed by atoms with E-state index in [1.54, 1.807) is 48.5 Å². The summed E-state index contributed by atoms with van der Waals surface area (Å²) >= 11 is 5.84. The molecule has 0 saturated carbocycles. The van der Waals surface area contributed by atoms with Gasteiger partial charge in [-0.2, -0.15) is 0 Å². The number of rotatable bonds is 6. The van der Waals surface area contributed by atoms with Gasteiger partial charge in [0, 0.05) is 10.6 Å². The third kappa shape index (κ3) is 4.73. The molecular weight excluding hydrogens is 330 g/mol. The van der Waals surface area contributed by atoms with Gasteiger partial charge in [-0.15, -0.1) is 0 Å². The first kappa shape index (κ1) is 17.8. The lowest BCUT2D eigenvalue weighted by atomic mass is 9.97. The van der Waals surface area contributed by atoms with E-state index in [9.17, 15) is 9.59 Å². The molecule has 1 atom stereocenters. The van der Waals surface area contributed by atoms with E-state index in [0.717, 1.165) is 0 Å². The molecule has 24 heavy (non-hydrogen) atoms. The van der Waals surface area contributed by atoms with Crippen molar-refractivity contribution in [3.05, 3.63) is 64.7 Å². The number of halogens is 1. The predicted octanol–water partition coefficient (Wildman–Crippen LogP) is 4.32. The summed E-state index contributed by atoms with van der Waals surface area (Å²) in [5.41, 5.74) is 0.911. The standard InChI is InChI=1S/C18H18ClNO4/c1-11(2)24-15-9-5-13(6-10-15)17(21)16(20-18(22)23)12-3-7-14(19)8-4-12/h3-11,16,20H,1-2H3,(H,22,23). The molecule has 1 amide bonds. The number of carboxylic acid groups (broad SMARTS) is 1. The van der Waals surface area contributed by atoms with Gasteiger partial charge in [-0.1, -0.05) is 23.7 Å². The first-order chi connectivity index (χ1) is 11.4. The van der Waals surface area contributed by atoms with Crippen LogP contribution >= 0.6 is 11.6 Å². The van der Waals surface area contributed by atoms with Crippen molar-refractivity contribution >= 4 is 23.5 Å². The monoisotopic (exact) mass is 347 g/mol. The van der Waals surface area contributed by atoms with Crippen LogP contribution in [0.1, 0.15) is 35.8 Å². The highest BCUT2D eigenvalue weighted by Crippen LogP contribution is 2.22. The summed E-state index contributed by atoms with van der Waals surface area (Å²) in [4.78, 5) is 23.8. The Hall–Kier alpha value is -2.53. The zero-order valence-corrected chi connectivity index (χ0v) is 14.1. The van der Waals surface area contributed by atoms with Crippen molar-refractivity contribution in [2.75, 3.05) is 0 Å². The predicted molar refractivity (Wildman–Crippen MR) is 91.9 cm³/mol. The molecule has 0 spiro atoms. The van der Waals surface area contributed by atoms with Crippen LogP contribution in [0.25, 0.3) is 0 Å². The average Bonchev–Trinajstić information content (AvgIpc) is 2.53. The molecule has 0 fully saturated rings. The van der Waals surface area contributed by atoms with Gasteiger partial charge in [-0.3, -0.25) is 4.79 Å². The molecule has 0 heterocycles. The first-order valence-corrected chi connectivity index (χ1v) is 7.80. The molecule has 0 aliphatic rings. The lowest BCUT2D eigenvalue weighted by Gasteiger charge is -2.17. The van der Waals surface area contributed by atoms with E-state index in [0.29, 0.717) is 21.9 Å². The summed E-state index contributed by atoms with van der Waals surface area (Å²) in [5, 5.41) is 11.8. The molecule has 2 rings (SSSR count). The van der Waals surface area contributed by atoms with E-state index in [1.165, 1.54) is 0 Å². The third-order valence-corrected chi connectivity index (χ3v) is 3.50. The molecule has 2 aromatic rings. The molecule has 2 N–H and O–H groups in total. The quantitative estimate of drug-likeness (QED) is 0.763. The second-order valence-electron chi connectivity index (χ2n) is 5.49. The Morgan fingerprint density at radius 1 is 1.04 bits per heavy atom. The number of ketones is 1. The highest BCUT2D eigenvalue weighted by atomic mass is 35.5. The number of ether oxygens (including phenoxy) is 1. The smallest absolute Gasteiger partial charge is 0.405 e. The van der Waals surface area contributed by atoms with E-state index in [1.807, 2.05) is 13.8 Å². The number of nitrogens with one attached hydrogen (secondary N) is 1. The SMILES string of the molecule is CC(C)Oc1ccc(C(=O)C(NC(=O)O)c2ccc(Cl)cc2)cc1. The van der Waals surface area contributed by atoms with E-state index in [-0.39, 0.29) is 11.9 Å². The second kappa shape index (κ2) is 7.84. The van der Waals surface area contributed by atoms with Crippen LogP contribution in [0.15, 0.2) is 48.5 Å². The van der Waals surface area contributed by atoms with Crippen molar-refractivity contribution in [3.8, 4) is 5.75 Å². The molecule has 126 valence electrons. The van der Waals surface area contributed by atoms with Crippen molar-refractivity contribution in [2.24, 2.45) is 0 Å². The minimum absolute atomic E-state index is 0.0297. The summed E-state index contributed by atoms with van der Waals surface area (Å²) < 4.78 is 5.54. The third-order valence-electron chi connectivity index (χ3n) is 3.24. The van der Waals surface area contributed by atoms with Crippen molar-refractivity contribution < 1.29 is 19.4 Å². The largest absolute Gasteiger partial charge is 0.491 e. The summed E-state index contributed by atoms with van der Waals surface area (Å²) in [5.74, 6) is 0.298. The summed E-state index contributed by atoms with van der Waals surface area (Å²) in [7, 11) is 0. The highest BCUT2D eigenvalue weighted by Gasteiger charge is 2.24. The van der Waals surface area contributed by atoms with Crippen molar-refractivity contribution in [1.82, 2.24) is 5.32 Å². The van der Waals surface area contributed by atoms with Gasteiger partial charge in [0.2, 0.25) is 0 Å². The molecular formula is C18H18ClNO4. The molecule has 2 aromatic carbocycles. The fraction of sp³-hybridized carbons (Fsp3) is 0.222. The summed E-state index contributed by atoms with van der Waals surface area (Å²) in [6.45, 7) is 3.82. The van der Waals surface area contributed by atoms with Crippen LogP contribution in [0.3, 0.4) is 0 Å². The van der Waals surface area contributed by atoms with Crippen LogP contribution < -0.4 is 10.1 Å². The van der Waals surface area contributed by atoms with Crippen LogP contribution in [-0.4, -0.2) is 23.1 Å². The zero-order valence-electron chi connectivity index (χ0n) is 13.3. The molecule has 0 aromatic heterocycles. The maximum Gasteiger partial charge on any atom is 0.405 e. The minimum Gasteiger partial charge on any atom is -0.491 e. The minimum atomic E-state index is -1.27. The fourth-order valence-corrected chi connectivity index (χ4v) is 2.34. The molecule has 0 aliphatic carbocycles. The highest BCUT2D eigenvalue weighted by molar-refractivity contribution is 6.30. The van der Waals surface area contributed by atoms with Crippen LogP contribution in [0.5, 0.6) is 5.75 Å². The second-order valence-corrected chi connectivity index (χ2v) is 5.93. The molecule has 0 aliphatic heterocycles. The topological polar surface area (TPSA) is 75.6 Å². The Morgan fingerprint density at radius 2 is 1.62 bits per heavy atom. The van der Waals surface area contributed by atoms with Crippen LogP contribution in [0.2, 0.25) is 5.02 Å². The lowest BCUT2D eigenvalue weighted by Crippen LogP contribution is -2.32. The van der Waals surface area contributed by atoms with Crippen molar-refractivity contribution in [3.63, 3.8) is 0 Å². The molecule has 1 unspecified atom stereocenters. The van der Waals surface area contributed by atoms with Gasteiger partial charge in [-0.05, 0) is 55.8 Å². The first-order valence-electron chi connectivity index (χ1n) is 7.42. The number of amides is 1. The van der Waals surface area contributed by atoms with Crippen LogP contribution in [0, 0.1) is 0 Å². The number of benzene rings is 2.